The van der Waals surface area contributed by atoms with E-state index in [0.717, 1.165) is 16.3 Å². The normalized spacial score (nSPS) is 17.2. The summed E-state index contributed by atoms with van der Waals surface area (Å²) in [6.07, 6.45) is 5.29. The van der Waals surface area contributed by atoms with E-state index in [-0.39, 0.29) is 39.3 Å². The minimum absolute atomic E-state index is 0.0625. The summed E-state index contributed by atoms with van der Waals surface area (Å²) in [5.41, 5.74) is 1.51. The van der Waals surface area contributed by atoms with E-state index in [4.69, 9.17) is 30.8 Å². The summed E-state index contributed by atoms with van der Waals surface area (Å²) in [6.45, 7) is 17.8. The number of carbonyl (C=O) groups is 1. The van der Waals surface area contributed by atoms with Crippen LogP contribution in [0.15, 0.2) is 53.7 Å². The van der Waals surface area contributed by atoms with Gasteiger partial charge in [-0.2, -0.15) is 10.4 Å². The number of benzene rings is 3. The van der Waals surface area contributed by atoms with Crippen molar-refractivity contribution >= 4 is 70.4 Å². The largest absolute Gasteiger partial charge is 0.444 e. The maximum atomic E-state index is 17.0. The number of thioether (sulfide) groups is 1. The zero-order chi connectivity index (χ0) is 37.7. The highest BCUT2D eigenvalue weighted by atomic mass is 35.5. The molecule has 1 aliphatic heterocycles. The van der Waals surface area contributed by atoms with Crippen molar-refractivity contribution in [1.82, 2.24) is 19.7 Å². The molecule has 3 heterocycles. The van der Waals surface area contributed by atoms with Crippen molar-refractivity contribution in [3.8, 4) is 17.2 Å². The van der Waals surface area contributed by atoms with Crippen LogP contribution in [0.25, 0.3) is 43.7 Å². The molecular formula is C40H47ClFN5O3SSi. The van der Waals surface area contributed by atoms with E-state index in [9.17, 15) is 10.1 Å². The van der Waals surface area contributed by atoms with Crippen molar-refractivity contribution in [2.75, 3.05) is 19.4 Å². The highest BCUT2D eigenvalue weighted by molar-refractivity contribution is 7.98. The van der Waals surface area contributed by atoms with Gasteiger partial charge in [-0.3, -0.25) is 4.68 Å². The van der Waals surface area contributed by atoms with Crippen LogP contribution in [0, 0.1) is 17.1 Å². The Morgan fingerprint density at radius 2 is 1.85 bits per heavy atom. The van der Waals surface area contributed by atoms with E-state index >= 15 is 4.39 Å². The number of ether oxygens (including phenoxy) is 1. The zero-order valence-electron chi connectivity index (χ0n) is 31.4. The van der Waals surface area contributed by atoms with Crippen LogP contribution in [0.4, 0.5) is 9.18 Å². The van der Waals surface area contributed by atoms with Crippen molar-refractivity contribution < 1.29 is 18.3 Å². The lowest BCUT2D eigenvalue weighted by molar-refractivity contribution is 0.00199. The Bertz CT molecular complexity index is 2220. The van der Waals surface area contributed by atoms with Crippen LogP contribution in [-0.4, -0.2) is 65.1 Å². The summed E-state index contributed by atoms with van der Waals surface area (Å²) < 4.78 is 31.4. The number of nitriles is 1. The summed E-state index contributed by atoms with van der Waals surface area (Å²) in [4.78, 5) is 20.2. The molecule has 1 amide bonds. The van der Waals surface area contributed by atoms with Gasteiger partial charge in [0.05, 0.1) is 39.8 Å². The van der Waals surface area contributed by atoms with Gasteiger partial charge in [0.1, 0.15) is 16.1 Å². The number of amides is 1. The Kier molecular flexibility index (Phi) is 10.4. The van der Waals surface area contributed by atoms with Gasteiger partial charge in [0.25, 0.3) is 0 Å². The summed E-state index contributed by atoms with van der Waals surface area (Å²) >= 11 is 8.45. The van der Waals surface area contributed by atoms with Gasteiger partial charge < -0.3 is 14.1 Å². The van der Waals surface area contributed by atoms with Crippen LogP contribution in [0.5, 0.6) is 0 Å². The Hall–Kier alpha value is -3.69. The Morgan fingerprint density at radius 3 is 2.50 bits per heavy atom. The first-order valence-electron chi connectivity index (χ1n) is 17.7. The molecule has 1 fully saturated rings. The van der Waals surface area contributed by atoms with E-state index < -0.39 is 19.7 Å². The molecule has 274 valence electrons. The molecule has 3 aromatic carbocycles. The molecule has 5 aromatic rings. The van der Waals surface area contributed by atoms with Crippen LogP contribution >= 0.6 is 23.4 Å². The first-order chi connectivity index (χ1) is 24.5. The van der Waals surface area contributed by atoms with Crippen LogP contribution in [0.2, 0.25) is 23.2 Å². The van der Waals surface area contributed by atoms with Gasteiger partial charge in [0.2, 0.25) is 0 Å². The van der Waals surface area contributed by atoms with Gasteiger partial charge in [-0.05, 0) is 87.5 Å². The van der Waals surface area contributed by atoms with Crippen LogP contribution in [0.1, 0.15) is 72.4 Å². The lowest BCUT2D eigenvalue weighted by Gasteiger charge is -2.41. The minimum Gasteiger partial charge on any atom is -0.444 e. The van der Waals surface area contributed by atoms with Crippen LogP contribution in [0.3, 0.4) is 0 Å². The number of carbonyl (C=O) groups excluding carboxylic acids is 1. The molecule has 0 radical (unpaired) electrons. The maximum Gasteiger partial charge on any atom is 0.410 e. The molecule has 0 aliphatic carbocycles. The van der Waals surface area contributed by atoms with Gasteiger partial charge in [-0.15, -0.1) is 11.8 Å². The predicted octanol–water partition coefficient (Wildman–Crippen LogP) is 11.1. The molecule has 2 aromatic heterocycles. The molecule has 52 heavy (non-hydrogen) atoms. The standard InChI is InChI=1S/C40H47ClFN5O3SSi/c1-39(2,3)50-38(48)46-18-16-27(20-26(46)17-19-49-52(8,9)40(4,5)6)47-36-29-21-31(41)33(34(42)35(29)45-37(51-7)30(36)23-44-47)28-15-11-13-24-12-10-14-25(22-43)32(24)28/h10-15,21,23,26-27H,16-20H2,1-9H3/t26-,27+/m1/s1. The number of pyridine rings is 1. The average Bonchev–Trinajstić information content (AvgIpc) is 3.52. The molecule has 1 aliphatic rings. The van der Waals surface area contributed by atoms with Crippen molar-refractivity contribution in [3.05, 3.63) is 65.1 Å². The predicted molar refractivity (Wildman–Crippen MR) is 212 cm³/mol. The molecule has 6 rings (SSSR count). The summed E-state index contributed by atoms with van der Waals surface area (Å²) in [5, 5.41) is 18.6. The SMILES string of the molecule is CSc1nc2c(F)c(-c3cccc4cccc(C#N)c34)c(Cl)cc2c2c1cnn2[C@H]1CCN(C(=O)OC(C)(C)C)[C@H](CCO[Si](C)(C)C(C)(C)C)C1. The number of piperidine rings is 1. The van der Waals surface area contributed by atoms with E-state index in [0.29, 0.717) is 59.3 Å². The Balaban J connectivity index is 1.44. The first kappa shape index (κ1) is 38.0. The molecule has 0 saturated carbocycles. The number of rotatable bonds is 7. The third-order valence-corrected chi connectivity index (χ3v) is 16.1. The molecular weight excluding hydrogens is 713 g/mol. The highest BCUT2D eigenvalue weighted by Crippen LogP contribution is 2.44. The van der Waals surface area contributed by atoms with Gasteiger partial charge in [-0.1, -0.05) is 62.7 Å². The van der Waals surface area contributed by atoms with Crippen LogP contribution < -0.4 is 0 Å². The van der Waals surface area contributed by atoms with E-state index in [2.05, 4.69) is 39.9 Å². The van der Waals surface area contributed by atoms with Gasteiger partial charge in [-0.25, -0.2) is 14.2 Å². The van der Waals surface area contributed by atoms with Gasteiger partial charge in [0.15, 0.2) is 14.1 Å². The number of aromatic nitrogens is 3. The fourth-order valence-corrected chi connectivity index (χ4v) is 8.83. The second-order valence-corrected chi connectivity index (χ2v) is 22.2. The molecule has 0 spiro atoms. The molecule has 8 nitrogen and oxygen atoms in total. The topological polar surface area (TPSA) is 93.3 Å². The highest BCUT2D eigenvalue weighted by Gasteiger charge is 2.39. The Labute approximate surface area is 315 Å². The zero-order valence-corrected chi connectivity index (χ0v) is 34.0. The average molecular weight is 760 g/mol. The second-order valence-electron chi connectivity index (χ2n) is 16.1. The molecule has 0 N–H and O–H groups in total. The van der Waals surface area contributed by atoms with E-state index in [1.807, 2.05) is 60.9 Å². The monoisotopic (exact) mass is 759 g/mol. The number of likely N-dealkylation sites (tertiary alicyclic amines) is 1. The molecule has 2 atom stereocenters. The lowest BCUT2D eigenvalue weighted by atomic mass is 9.93. The molecule has 1 saturated heterocycles. The lowest BCUT2D eigenvalue weighted by Crippen LogP contribution is -2.49. The summed E-state index contributed by atoms with van der Waals surface area (Å²) in [5.74, 6) is -0.548. The first-order valence-corrected chi connectivity index (χ1v) is 22.3. The fraction of sp³-hybridized carbons (Fsp3) is 0.450. The fourth-order valence-electron chi connectivity index (χ4n) is 6.92. The third-order valence-electron chi connectivity index (χ3n) is 10.6. The van der Waals surface area contributed by atoms with Crippen molar-refractivity contribution in [2.45, 2.75) is 102 Å². The minimum atomic E-state index is -2.01. The van der Waals surface area contributed by atoms with E-state index in [1.54, 1.807) is 24.4 Å². The number of halogens is 2. The summed E-state index contributed by atoms with van der Waals surface area (Å²) in [6, 6.07) is 14.8. The number of nitrogens with zero attached hydrogens (tertiary/aromatic N) is 5. The molecule has 0 bridgehead atoms. The second kappa shape index (κ2) is 14.3. The van der Waals surface area contributed by atoms with E-state index in [1.165, 1.54) is 11.8 Å². The van der Waals surface area contributed by atoms with Crippen molar-refractivity contribution in [1.29, 1.82) is 5.26 Å². The Morgan fingerprint density at radius 1 is 1.13 bits per heavy atom. The van der Waals surface area contributed by atoms with Crippen LogP contribution in [-0.2, 0) is 9.16 Å². The number of hydrogen-bond acceptors (Lipinski definition) is 7. The quantitative estimate of drug-likeness (QED) is 0.120. The molecule has 0 unspecified atom stereocenters. The van der Waals surface area contributed by atoms with Gasteiger partial charge >= 0.3 is 6.09 Å². The number of fused-ring (bicyclic) bond motifs is 4. The smallest absolute Gasteiger partial charge is 0.410 e. The van der Waals surface area contributed by atoms with Crippen molar-refractivity contribution in [3.63, 3.8) is 0 Å². The molecule has 12 heteroatoms. The summed E-state index contributed by atoms with van der Waals surface area (Å²) in [7, 11) is -2.01. The maximum absolute atomic E-state index is 17.0. The van der Waals surface area contributed by atoms with Crippen molar-refractivity contribution in [2.24, 2.45) is 0 Å². The third kappa shape index (κ3) is 7.15. The number of hydrogen-bond donors (Lipinski definition) is 0. The van der Waals surface area contributed by atoms with Gasteiger partial charge in [0, 0.05) is 35.5 Å².